The number of nitrogens with one attached hydrogen (secondary N) is 1. The lowest BCUT2D eigenvalue weighted by molar-refractivity contribution is 0.405. The molecular weight excluding hydrogens is 325 g/mol. The van der Waals surface area contributed by atoms with Crippen molar-refractivity contribution in [3.05, 3.63) is 34.1 Å². The molecule has 1 aromatic carbocycles. The van der Waals surface area contributed by atoms with Crippen LogP contribution in [0.5, 0.6) is 0 Å². The van der Waals surface area contributed by atoms with Crippen molar-refractivity contribution in [2.24, 2.45) is 0 Å². The van der Waals surface area contributed by atoms with E-state index in [1.165, 1.54) is 24.7 Å². The minimum Gasteiger partial charge on any atom is -0.313 e. The zero-order valence-electron chi connectivity index (χ0n) is 11.5. The van der Waals surface area contributed by atoms with Crippen LogP contribution < -0.4 is 5.32 Å². The van der Waals surface area contributed by atoms with E-state index in [4.69, 9.17) is 0 Å². The summed E-state index contributed by atoms with van der Waals surface area (Å²) in [5.74, 6) is 1.08. The first kappa shape index (κ1) is 15.3. The molecule has 0 spiro atoms. The Bertz CT molecular complexity index is 432. The van der Waals surface area contributed by atoms with Crippen LogP contribution in [0.3, 0.4) is 0 Å². The van der Waals surface area contributed by atoms with E-state index in [1.807, 2.05) is 0 Å². The smallest absolute Gasteiger partial charge is 0.123 e. The van der Waals surface area contributed by atoms with E-state index in [0.29, 0.717) is 6.04 Å². The quantitative estimate of drug-likeness (QED) is 0.848. The molecule has 0 radical (unpaired) electrons. The van der Waals surface area contributed by atoms with Gasteiger partial charge in [0, 0.05) is 15.3 Å². The normalized spacial score (nSPS) is 24.6. The predicted octanol–water partition coefficient (Wildman–Crippen LogP) is 4.39. The van der Waals surface area contributed by atoms with Crippen molar-refractivity contribution in [2.75, 3.05) is 12.3 Å². The van der Waals surface area contributed by atoms with E-state index in [1.54, 1.807) is 12.1 Å². The Labute approximate surface area is 127 Å². The average molecular weight is 346 g/mol. The van der Waals surface area contributed by atoms with Gasteiger partial charge in [-0.2, -0.15) is 11.8 Å². The lowest BCUT2D eigenvalue weighted by Gasteiger charge is -2.34. The van der Waals surface area contributed by atoms with Gasteiger partial charge in [-0.25, -0.2) is 4.39 Å². The maximum absolute atomic E-state index is 13.4. The Morgan fingerprint density at radius 1 is 1.53 bits per heavy atom. The van der Waals surface area contributed by atoms with E-state index in [2.05, 4.69) is 46.9 Å². The van der Waals surface area contributed by atoms with Crippen molar-refractivity contribution in [1.82, 2.24) is 5.32 Å². The lowest BCUT2D eigenvalue weighted by Crippen LogP contribution is -2.46. The Balaban J connectivity index is 2.18. The highest BCUT2D eigenvalue weighted by molar-refractivity contribution is 9.10. The third kappa shape index (κ3) is 3.73. The Hall–Kier alpha value is -0.0600. The molecule has 1 aliphatic rings. The molecule has 2 atom stereocenters. The fraction of sp³-hybridized carbons (Fsp3) is 0.600. The highest BCUT2D eigenvalue weighted by Crippen LogP contribution is 2.41. The summed E-state index contributed by atoms with van der Waals surface area (Å²) >= 11 is 5.59. The molecule has 4 heteroatoms. The van der Waals surface area contributed by atoms with Crippen molar-refractivity contribution in [2.45, 2.75) is 43.9 Å². The van der Waals surface area contributed by atoms with E-state index in [0.717, 1.165) is 23.0 Å². The summed E-state index contributed by atoms with van der Waals surface area (Å²) in [7, 11) is 0. The van der Waals surface area contributed by atoms with Gasteiger partial charge in [-0.05, 0) is 62.2 Å². The minimum absolute atomic E-state index is 0.155. The van der Waals surface area contributed by atoms with E-state index in [9.17, 15) is 4.39 Å². The van der Waals surface area contributed by atoms with Gasteiger partial charge in [-0.1, -0.05) is 22.9 Å². The Kier molecular flexibility index (Phi) is 5.32. The SMILES string of the molecule is CCNC(Cc1cc(F)ccc1Br)C1(C)CCCS1. The first-order chi connectivity index (χ1) is 9.05. The summed E-state index contributed by atoms with van der Waals surface area (Å²) < 4.78 is 14.7. The molecule has 0 aromatic heterocycles. The molecule has 0 bridgehead atoms. The molecule has 0 amide bonds. The van der Waals surface area contributed by atoms with Crippen LogP contribution in [-0.4, -0.2) is 23.1 Å². The molecule has 1 aromatic rings. The maximum Gasteiger partial charge on any atom is 0.123 e. The first-order valence-electron chi connectivity index (χ1n) is 6.86. The second kappa shape index (κ2) is 6.59. The van der Waals surface area contributed by atoms with Crippen LogP contribution in [0.1, 0.15) is 32.3 Å². The van der Waals surface area contributed by atoms with Crippen LogP contribution >= 0.6 is 27.7 Å². The van der Waals surface area contributed by atoms with Crippen molar-refractivity contribution in [3.8, 4) is 0 Å². The van der Waals surface area contributed by atoms with Crippen LogP contribution in [0, 0.1) is 5.82 Å². The summed E-state index contributed by atoms with van der Waals surface area (Å²) in [5.41, 5.74) is 1.06. The average Bonchev–Trinajstić information content (AvgIpc) is 2.81. The molecule has 0 saturated carbocycles. The number of rotatable bonds is 5. The first-order valence-corrected chi connectivity index (χ1v) is 8.64. The third-order valence-corrected chi connectivity index (χ3v) is 6.28. The molecule has 2 rings (SSSR count). The van der Waals surface area contributed by atoms with Gasteiger partial charge >= 0.3 is 0 Å². The van der Waals surface area contributed by atoms with Crippen LogP contribution in [0.2, 0.25) is 0 Å². The summed E-state index contributed by atoms with van der Waals surface area (Å²) in [6.45, 7) is 5.43. The minimum atomic E-state index is -0.155. The zero-order valence-corrected chi connectivity index (χ0v) is 13.9. The molecule has 1 saturated heterocycles. The molecule has 106 valence electrons. The van der Waals surface area contributed by atoms with Crippen LogP contribution in [0.4, 0.5) is 4.39 Å². The van der Waals surface area contributed by atoms with Gasteiger partial charge in [-0.3, -0.25) is 0 Å². The highest BCUT2D eigenvalue weighted by atomic mass is 79.9. The van der Waals surface area contributed by atoms with Crippen molar-refractivity contribution < 1.29 is 4.39 Å². The molecule has 1 fully saturated rings. The number of benzene rings is 1. The van der Waals surface area contributed by atoms with E-state index in [-0.39, 0.29) is 10.6 Å². The van der Waals surface area contributed by atoms with Gasteiger partial charge in [0.15, 0.2) is 0 Å². The highest BCUT2D eigenvalue weighted by Gasteiger charge is 2.37. The molecule has 1 aliphatic heterocycles. The standard InChI is InChI=1S/C15H21BrFNS/c1-3-18-14(15(2)7-4-8-19-15)10-11-9-12(17)5-6-13(11)16/h5-6,9,14,18H,3-4,7-8,10H2,1-2H3. The molecule has 0 aliphatic carbocycles. The predicted molar refractivity (Wildman–Crippen MR) is 85.4 cm³/mol. The molecule has 2 unspecified atom stereocenters. The second-order valence-electron chi connectivity index (χ2n) is 5.31. The zero-order chi connectivity index (χ0) is 13.9. The van der Waals surface area contributed by atoms with Gasteiger partial charge in [0.25, 0.3) is 0 Å². The Morgan fingerprint density at radius 3 is 2.95 bits per heavy atom. The summed E-state index contributed by atoms with van der Waals surface area (Å²) in [6, 6.07) is 5.35. The van der Waals surface area contributed by atoms with Crippen molar-refractivity contribution in [3.63, 3.8) is 0 Å². The van der Waals surface area contributed by atoms with Gasteiger partial charge in [0.1, 0.15) is 5.82 Å². The number of hydrogen-bond acceptors (Lipinski definition) is 2. The number of hydrogen-bond donors (Lipinski definition) is 1. The molecule has 1 heterocycles. The van der Waals surface area contributed by atoms with Gasteiger partial charge in [0.05, 0.1) is 0 Å². The van der Waals surface area contributed by atoms with Crippen molar-refractivity contribution in [1.29, 1.82) is 0 Å². The fourth-order valence-corrected chi connectivity index (χ4v) is 4.57. The van der Waals surface area contributed by atoms with Crippen LogP contribution in [0.25, 0.3) is 0 Å². The van der Waals surface area contributed by atoms with Crippen LogP contribution in [-0.2, 0) is 6.42 Å². The van der Waals surface area contributed by atoms with E-state index >= 15 is 0 Å². The van der Waals surface area contributed by atoms with Crippen molar-refractivity contribution >= 4 is 27.7 Å². The fourth-order valence-electron chi connectivity index (χ4n) is 2.75. The number of halogens is 2. The van der Waals surface area contributed by atoms with E-state index < -0.39 is 0 Å². The monoisotopic (exact) mass is 345 g/mol. The third-order valence-electron chi connectivity index (χ3n) is 3.87. The second-order valence-corrected chi connectivity index (χ2v) is 7.80. The maximum atomic E-state index is 13.4. The lowest BCUT2D eigenvalue weighted by atomic mass is 9.90. The molecule has 1 nitrogen and oxygen atoms in total. The molecular formula is C15H21BrFNS. The summed E-state index contributed by atoms with van der Waals surface area (Å²) in [4.78, 5) is 0. The molecule has 1 N–H and O–H groups in total. The topological polar surface area (TPSA) is 12.0 Å². The number of likely N-dealkylation sites (N-methyl/N-ethyl adjacent to an activating group) is 1. The van der Waals surface area contributed by atoms with Crippen LogP contribution in [0.15, 0.2) is 22.7 Å². The molecule has 19 heavy (non-hydrogen) atoms. The summed E-state index contributed by atoms with van der Waals surface area (Å²) in [6.07, 6.45) is 3.39. The number of thioether (sulfide) groups is 1. The van der Waals surface area contributed by atoms with Gasteiger partial charge < -0.3 is 5.32 Å². The largest absolute Gasteiger partial charge is 0.313 e. The van der Waals surface area contributed by atoms with Gasteiger partial charge in [-0.15, -0.1) is 0 Å². The Morgan fingerprint density at radius 2 is 2.32 bits per heavy atom. The summed E-state index contributed by atoms with van der Waals surface area (Å²) in [5, 5.41) is 3.60. The van der Waals surface area contributed by atoms with Gasteiger partial charge in [0.2, 0.25) is 0 Å².